The number of rotatable bonds is 5. The number of hydrogen-bond donors (Lipinski definition) is 3. The standard InChI is InChI=1S/C7H14F2N2O2/c1-4(10-2)7(13)11-3-5(12)6(8)9/h4-6,10,12H,3H2,1-2H3,(H,11,13). The smallest absolute Gasteiger partial charge is 0.265 e. The Hall–Kier alpha value is -0.750. The van der Waals surface area contributed by atoms with Crippen LogP contribution in [0.2, 0.25) is 0 Å². The maximum Gasteiger partial charge on any atom is 0.265 e. The van der Waals surface area contributed by atoms with E-state index in [9.17, 15) is 13.6 Å². The molecule has 2 atom stereocenters. The van der Waals surface area contributed by atoms with Crippen LogP contribution in [0.1, 0.15) is 6.92 Å². The van der Waals surface area contributed by atoms with Crippen molar-refractivity contribution < 1.29 is 18.7 Å². The zero-order chi connectivity index (χ0) is 10.4. The molecule has 0 heterocycles. The first-order chi connectivity index (χ1) is 5.99. The molecule has 0 aromatic rings. The summed E-state index contributed by atoms with van der Waals surface area (Å²) in [6.45, 7) is 1.16. The maximum absolute atomic E-state index is 11.7. The summed E-state index contributed by atoms with van der Waals surface area (Å²) in [5, 5.41) is 13.5. The van der Waals surface area contributed by atoms with Crippen molar-refractivity contribution in [2.75, 3.05) is 13.6 Å². The van der Waals surface area contributed by atoms with Crippen LogP contribution in [-0.4, -0.2) is 43.2 Å². The predicted molar refractivity (Wildman–Crippen MR) is 43.5 cm³/mol. The number of likely N-dealkylation sites (N-methyl/N-ethyl adjacent to an activating group) is 1. The van der Waals surface area contributed by atoms with Crippen molar-refractivity contribution in [3.05, 3.63) is 0 Å². The van der Waals surface area contributed by atoms with Crippen molar-refractivity contribution >= 4 is 5.91 Å². The Morgan fingerprint density at radius 3 is 2.46 bits per heavy atom. The van der Waals surface area contributed by atoms with Crippen molar-refractivity contribution in [3.8, 4) is 0 Å². The minimum atomic E-state index is -2.83. The van der Waals surface area contributed by atoms with E-state index in [1.165, 1.54) is 0 Å². The van der Waals surface area contributed by atoms with Gasteiger partial charge in [0.25, 0.3) is 6.43 Å². The lowest BCUT2D eigenvalue weighted by Gasteiger charge is -2.13. The molecule has 0 aromatic heterocycles. The normalized spacial score (nSPS) is 15.5. The molecule has 78 valence electrons. The lowest BCUT2D eigenvalue weighted by molar-refractivity contribution is -0.123. The molecule has 0 aliphatic rings. The lowest BCUT2D eigenvalue weighted by Crippen LogP contribution is -2.44. The third kappa shape index (κ3) is 4.74. The van der Waals surface area contributed by atoms with Crippen LogP contribution in [0.25, 0.3) is 0 Å². The molecule has 13 heavy (non-hydrogen) atoms. The van der Waals surface area contributed by atoms with E-state index in [2.05, 4.69) is 10.6 Å². The molecule has 6 heteroatoms. The van der Waals surface area contributed by atoms with Crippen LogP contribution in [0, 0.1) is 0 Å². The molecule has 2 unspecified atom stereocenters. The average Bonchev–Trinajstić information content (AvgIpc) is 2.11. The highest BCUT2D eigenvalue weighted by Crippen LogP contribution is 1.98. The van der Waals surface area contributed by atoms with Gasteiger partial charge in [0.1, 0.15) is 6.10 Å². The van der Waals surface area contributed by atoms with E-state index in [4.69, 9.17) is 5.11 Å². The molecule has 0 rings (SSSR count). The molecule has 1 amide bonds. The highest BCUT2D eigenvalue weighted by molar-refractivity contribution is 5.81. The van der Waals surface area contributed by atoms with Crippen LogP contribution >= 0.6 is 0 Å². The molecule has 3 N–H and O–H groups in total. The van der Waals surface area contributed by atoms with Gasteiger partial charge in [0.2, 0.25) is 5.91 Å². The maximum atomic E-state index is 11.7. The van der Waals surface area contributed by atoms with Gasteiger partial charge in [0.05, 0.1) is 6.04 Å². The number of aliphatic hydroxyl groups is 1. The van der Waals surface area contributed by atoms with E-state index in [0.29, 0.717) is 0 Å². The van der Waals surface area contributed by atoms with E-state index in [0.717, 1.165) is 0 Å². The Morgan fingerprint density at radius 2 is 2.08 bits per heavy atom. The summed E-state index contributed by atoms with van der Waals surface area (Å²) in [5.41, 5.74) is 0. The van der Waals surface area contributed by atoms with E-state index in [-0.39, 0.29) is 0 Å². The molecule has 4 nitrogen and oxygen atoms in total. The summed E-state index contributed by atoms with van der Waals surface area (Å²) in [6, 6.07) is -0.454. The number of carbonyl (C=O) groups excluding carboxylic acids is 1. The first-order valence-electron chi connectivity index (χ1n) is 3.90. The molecule has 0 radical (unpaired) electrons. The van der Waals surface area contributed by atoms with E-state index in [1.54, 1.807) is 14.0 Å². The third-order valence-corrected chi connectivity index (χ3v) is 1.60. The van der Waals surface area contributed by atoms with E-state index < -0.39 is 31.0 Å². The summed E-state index contributed by atoms with van der Waals surface area (Å²) >= 11 is 0. The van der Waals surface area contributed by atoms with E-state index >= 15 is 0 Å². The van der Waals surface area contributed by atoms with Crippen LogP contribution < -0.4 is 10.6 Å². The van der Waals surface area contributed by atoms with Gasteiger partial charge in [-0.1, -0.05) is 0 Å². The van der Waals surface area contributed by atoms with E-state index in [1.807, 2.05) is 0 Å². The van der Waals surface area contributed by atoms with Crippen molar-refractivity contribution in [2.45, 2.75) is 25.5 Å². The van der Waals surface area contributed by atoms with Crippen LogP contribution in [-0.2, 0) is 4.79 Å². The topological polar surface area (TPSA) is 61.4 Å². The fourth-order valence-corrected chi connectivity index (χ4v) is 0.578. The average molecular weight is 196 g/mol. The largest absolute Gasteiger partial charge is 0.385 e. The molecule has 0 aliphatic heterocycles. The summed E-state index contributed by atoms with van der Waals surface area (Å²) in [7, 11) is 1.58. The molecule has 0 bridgehead atoms. The molecule has 0 fully saturated rings. The Bertz CT molecular complexity index is 167. The van der Waals surface area contributed by atoms with Crippen LogP contribution in [0.3, 0.4) is 0 Å². The number of halogens is 2. The van der Waals surface area contributed by atoms with Crippen LogP contribution in [0.15, 0.2) is 0 Å². The fraction of sp³-hybridized carbons (Fsp3) is 0.857. The van der Waals surface area contributed by atoms with Crippen molar-refractivity contribution in [1.29, 1.82) is 0 Å². The third-order valence-electron chi connectivity index (χ3n) is 1.60. The quantitative estimate of drug-likeness (QED) is 0.547. The molecular weight excluding hydrogens is 182 g/mol. The van der Waals surface area contributed by atoms with Crippen molar-refractivity contribution in [2.24, 2.45) is 0 Å². The highest BCUT2D eigenvalue weighted by Gasteiger charge is 2.18. The molecule has 0 spiro atoms. The number of carbonyl (C=O) groups is 1. The second-order valence-electron chi connectivity index (χ2n) is 2.66. The van der Waals surface area contributed by atoms with Gasteiger partial charge >= 0.3 is 0 Å². The zero-order valence-corrected chi connectivity index (χ0v) is 7.55. The van der Waals surface area contributed by atoms with Gasteiger partial charge in [-0.05, 0) is 14.0 Å². The van der Waals surface area contributed by atoms with Gasteiger partial charge < -0.3 is 15.7 Å². The Morgan fingerprint density at radius 1 is 1.54 bits per heavy atom. The summed E-state index contributed by atoms with van der Waals surface area (Å²) < 4.78 is 23.5. The van der Waals surface area contributed by atoms with Crippen molar-refractivity contribution in [1.82, 2.24) is 10.6 Å². The SMILES string of the molecule is CNC(C)C(=O)NCC(O)C(F)F. The summed E-state index contributed by atoms with van der Waals surface area (Å²) in [6.07, 6.45) is -4.63. The molecule has 0 saturated heterocycles. The number of nitrogens with one attached hydrogen (secondary N) is 2. The number of amides is 1. The highest BCUT2D eigenvalue weighted by atomic mass is 19.3. The van der Waals surface area contributed by atoms with Gasteiger partial charge in [0.15, 0.2) is 0 Å². The second kappa shape index (κ2) is 5.82. The summed E-state index contributed by atoms with van der Waals surface area (Å²) in [5.74, 6) is -0.415. The zero-order valence-electron chi connectivity index (χ0n) is 7.55. The number of alkyl halides is 2. The Labute approximate surface area is 75.3 Å². The monoisotopic (exact) mass is 196 g/mol. The molecular formula is C7H14F2N2O2. The minimum Gasteiger partial charge on any atom is -0.385 e. The first-order valence-corrected chi connectivity index (χ1v) is 3.90. The minimum absolute atomic E-state index is 0.415. The van der Waals surface area contributed by atoms with Gasteiger partial charge in [-0.15, -0.1) is 0 Å². The van der Waals surface area contributed by atoms with Gasteiger partial charge in [-0.3, -0.25) is 4.79 Å². The predicted octanol–water partition coefficient (Wildman–Crippen LogP) is -0.663. The summed E-state index contributed by atoms with van der Waals surface area (Å²) in [4.78, 5) is 11.0. The van der Waals surface area contributed by atoms with Crippen LogP contribution in [0.5, 0.6) is 0 Å². The Kier molecular flexibility index (Phi) is 5.48. The van der Waals surface area contributed by atoms with Gasteiger partial charge in [-0.25, -0.2) is 8.78 Å². The van der Waals surface area contributed by atoms with Gasteiger partial charge in [-0.2, -0.15) is 0 Å². The first kappa shape index (κ1) is 12.2. The molecule has 0 saturated carbocycles. The molecule has 0 aromatic carbocycles. The Balaban J connectivity index is 3.70. The molecule has 0 aliphatic carbocycles. The second-order valence-corrected chi connectivity index (χ2v) is 2.66. The van der Waals surface area contributed by atoms with Gasteiger partial charge in [0, 0.05) is 6.54 Å². The number of hydrogen-bond acceptors (Lipinski definition) is 3. The number of aliphatic hydroxyl groups excluding tert-OH is 1. The van der Waals surface area contributed by atoms with Crippen LogP contribution in [0.4, 0.5) is 8.78 Å². The van der Waals surface area contributed by atoms with Crippen molar-refractivity contribution in [3.63, 3.8) is 0 Å². The fourth-order valence-electron chi connectivity index (χ4n) is 0.578. The lowest BCUT2D eigenvalue weighted by atomic mass is 10.3.